The van der Waals surface area contributed by atoms with Crippen molar-refractivity contribution < 1.29 is 22.7 Å². The molecule has 0 spiro atoms. The van der Waals surface area contributed by atoms with Crippen LogP contribution in [0, 0.1) is 6.92 Å². The molecular formula is C23H28N2O5S. The summed E-state index contributed by atoms with van der Waals surface area (Å²) in [6, 6.07) is 13.6. The number of benzene rings is 2. The number of esters is 1. The van der Waals surface area contributed by atoms with Crippen LogP contribution in [0.4, 0.5) is 0 Å². The third kappa shape index (κ3) is 5.71. The van der Waals surface area contributed by atoms with Crippen LogP contribution in [-0.4, -0.2) is 44.3 Å². The van der Waals surface area contributed by atoms with E-state index in [1.54, 1.807) is 13.0 Å². The maximum absolute atomic E-state index is 12.9. The highest BCUT2D eigenvalue weighted by molar-refractivity contribution is 7.89. The lowest BCUT2D eigenvalue weighted by atomic mass is 10.1. The number of amides is 1. The topological polar surface area (TPSA) is 92.8 Å². The molecule has 0 aromatic heterocycles. The molecule has 1 atom stereocenters. The molecule has 3 rings (SSSR count). The van der Waals surface area contributed by atoms with Gasteiger partial charge in [0.1, 0.15) is 0 Å². The summed E-state index contributed by atoms with van der Waals surface area (Å²) < 4.78 is 32.4. The lowest BCUT2D eigenvalue weighted by molar-refractivity contribution is -0.124. The molecule has 1 aliphatic rings. The van der Waals surface area contributed by atoms with E-state index in [9.17, 15) is 18.0 Å². The highest BCUT2D eigenvalue weighted by atomic mass is 32.2. The van der Waals surface area contributed by atoms with Crippen LogP contribution in [0.1, 0.15) is 53.7 Å². The first-order chi connectivity index (χ1) is 14.8. The number of hydrogen-bond donors (Lipinski definition) is 1. The number of nitrogens with one attached hydrogen (secondary N) is 1. The van der Waals surface area contributed by atoms with Gasteiger partial charge in [-0.15, -0.1) is 0 Å². The number of carbonyl (C=O) groups excluding carboxylic acids is 2. The largest absolute Gasteiger partial charge is 0.452 e. The van der Waals surface area contributed by atoms with E-state index in [2.05, 4.69) is 5.32 Å². The van der Waals surface area contributed by atoms with Crippen LogP contribution in [0.25, 0.3) is 0 Å². The van der Waals surface area contributed by atoms with Crippen molar-refractivity contribution in [2.45, 2.75) is 44.0 Å². The van der Waals surface area contributed by atoms with E-state index >= 15 is 0 Å². The van der Waals surface area contributed by atoms with Crippen molar-refractivity contribution in [1.82, 2.24) is 9.62 Å². The number of carbonyl (C=O) groups is 2. The lowest BCUT2D eigenvalue weighted by Gasteiger charge is -2.26. The van der Waals surface area contributed by atoms with Gasteiger partial charge in [0.2, 0.25) is 10.0 Å². The monoisotopic (exact) mass is 444 g/mol. The second-order valence-corrected chi connectivity index (χ2v) is 9.66. The Kier molecular flexibility index (Phi) is 7.46. The Bertz CT molecular complexity index is 1030. The van der Waals surface area contributed by atoms with Crippen molar-refractivity contribution in [2.75, 3.05) is 19.7 Å². The van der Waals surface area contributed by atoms with E-state index in [0.29, 0.717) is 18.7 Å². The van der Waals surface area contributed by atoms with E-state index in [0.717, 1.165) is 24.8 Å². The van der Waals surface area contributed by atoms with Crippen molar-refractivity contribution in [3.05, 3.63) is 65.2 Å². The van der Waals surface area contributed by atoms with Gasteiger partial charge in [-0.2, -0.15) is 4.31 Å². The summed E-state index contributed by atoms with van der Waals surface area (Å²) in [5, 5.41) is 2.78. The Morgan fingerprint density at radius 2 is 1.74 bits per heavy atom. The fourth-order valence-corrected chi connectivity index (χ4v) is 5.10. The Morgan fingerprint density at radius 1 is 1.06 bits per heavy atom. The molecule has 0 radical (unpaired) electrons. The molecule has 0 aliphatic carbocycles. The van der Waals surface area contributed by atoms with Crippen molar-refractivity contribution in [3.8, 4) is 0 Å². The van der Waals surface area contributed by atoms with Crippen LogP contribution >= 0.6 is 0 Å². The minimum atomic E-state index is -3.67. The molecule has 1 saturated heterocycles. The van der Waals surface area contributed by atoms with Crippen LogP contribution in [0.5, 0.6) is 0 Å². The summed E-state index contributed by atoms with van der Waals surface area (Å²) in [7, 11) is -3.67. The third-order valence-corrected chi connectivity index (χ3v) is 7.29. The van der Waals surface area contributed by atoms with Crippen molar-refractivity contribution in [1.29, 1.82) is 0 Å². The molecule has 1 fully saturated rings. The first-order valence-electron chi connectivity index (χ1n) is 10.4. The zero-order valence-electron chi connectivity index (χ0n) is 17.8. The summed E-state index contributed by atoms with van der Waals surface area (Å²) in [4.78, 5) is 24.8. The Morgan fingerprint density at radius 3 is 2.42 bits per heavy atom. The second-order valence-electron chi connectivity index (χ2n) is 7.72. The molecule has 2 aromatic rings. The quantitative estimate of drug-likeness (QED) is 0.662. The average Bonchev–Trinajstić information content (AvgIpc) is 2.78. The molecule has 8 heteroatoms. The van der Waals surface area contributed by atoms with E-state index in [1.165, 1.54) is 16.4 Å². The zero-order valence-corrected chi connectivity index (χ0v) is 18.7. The Balaban J connectivity index is 1.65. The summed E-state index contributed by atoms with van der Waals surface area (Å²) >= 11 is 0. The average molecular weight is 445 g/mol. The first-order valence-corrected chi connectivity index (χ1v) is 11.9. The van der Waals surface area contributed by atoms with Gasteiger partial charge in [-0.1, -0.05) is 42.8 Å². The van der Waals surface area contributed by atoms with Crippen LogP contribution in [0.2, 0.25) is 0 Å². The molecule has 31 heavy (non-hydrogen) atoms. The fourth-order valence-electron chi connectivity index (χ4n) is 3.55. The molecular weight excluding hydrogens is 416 g/mol. The second kappa shape index (κ2) is 10.1. The van der Waals surface area contributed by atoms with Gasteiger partial charge in [-0.25, -0.2) is 13.2 Å². The predicted molar refractivity (Wildman–Crippen MR) is 117 cm³/mol. The van der Waals surface area contributed by atoms with Gasteiger partial charge in [-0.05, 0) is 49.9 Å². The minimum absolute atomic E-state index is 0.0640. The number of aryl methyl sites for hydroxylation is 1. The molecule has 1 N–H and O–H groups in total. The summed E-state index contributed by atoms with van der Waals surface area (Å²) in [6.45, 7) is 4.06. The van der Waals surface area contributed by atoms with Crippen LogP contribution < -0.4 is 5.32 Å². The normalized spacial score (nSPS) is 15.8. The lowest BCUT2D eigenvalue weighted by Crippen LogP contribution is -2.35. The third-order valence-electron chi connectivity index (χ3n) is 5.39. The van der Waals surface area contributed by atoms with E-state index in [-0.39, 0.29) is 16.5 Å². The number of hydrogen-bond acceptors (Lipinski definition) is 5. The molecule has 1 amide bonds. The van der Waals surface area contributed by atoms with Crippen molar-refractivity contribution >= 4 is 21.9 Å². The molecule has 2 aromatic carbocycles. The number of piperidine rings is 1. The molecule has 0 bridgehead atoms. The molecule has 0 saturated carbocycles. The number of rotatable bonds is 7. The van der Waals surface area contributed by atoms with Crippen molar-refractivity contribution in [2.24, 2.45) is 0 Å². The van der Waals surface area contributed by atoms with Crippen LogP contribution in [-0.2, 0) is 19.6 Å². The predicted octanol–water partition coefficient (Wildman–Crippen LogP) is 3.20. The smallest absolute Gasteiger partial charge is 0.338 e. The van der Waals surface area contributed by atoms with Gasteiger partial charge >= 0.3 is 5.97 Å². The van der Waals surface area contributed by atoms with E-state index in [4.69, 9.17) is 4.74 Å². The zero-order chi connectivity index (χ0) is 22.4. The highest BCUT2D eigenvalue weighted by Crippen LogP contribution is 2.23. The maximum atomic E-state index is 12.9. The summed E-state index contributed by atoms with van der Waals surface area (Å²) in [6.07, 6.45) is 2.68. The van der Waals surface area contributed by atoms with E-state index in [1.807, 2.05) is 37.3 Å². The molecule has 1 aliphatic heterocycles. The summed E-state index contributed by atoms with van der Waals surface area (Å²) in [5.41, 5.74) is 1.66. The number of nitrogens with zero attached hydrogens (tertiary/aromatic N) is 1. The van der Waals surface area contributed by atoms with Crippen LogP contribution in [0.15, 0.2) is 53.4 Å². The first kappa shape index (κ1) is 23.0. The van der Waals surface area contributed by atoms with Gasteiger partial charge in [0.15, 0.2) is 6.61 Å². The van der Waals surface area contributed by atoms with Crippen molar-refractivity contribution in [3.63, 3.8) is 0 Å². The molecule has 166 valence electrons. The standard InChI is InChI=1S/C23H28N2O5S/c1-17-11-12-20(31(28,29)25-13-7-4-8-14-25)15-21(17)23(27)30-16-22(26)24-18(2)19-9-5-3-6-10-19/h3,5-6,9-12,15,18H,4,7-8,13-14,16H2,1-2H3,(H,24,26)/t18-/m1/s1. The van der Waals surface area contributed by atoms with Gasteiger partial charge in [-0.3, -0.25) is 4.79 Å². The minimum Gasteiger partial charge on any atom is -0.452 e. The Labute approximate surface area is 183 Å². The van der Waals surface area contributed by atoms with Gasteiger partial charge in [0.05, 0.1) is 16.5 Å². The van der Waals surface area contributed by atoms with Gasteiger partial charge < -0.3 is 10.1 Å². The number of sulfonamides is 1. The molecule has 7 nitrogen and oxygen atoms in total. The Hall–Kier alpha value is -2.71. The van der Waals surface area contributed by atoms with Gasteiger partial charge in [0.25, 0.3) is 5.91 Å². The highest BCUT2D eigenvalue weighted by Gasteiger charge is 2.27. The maximum Gasteiger partial charge on any atom is 0.338 e. The fraction of sp³-hybridized carbons (Fsp3) is 0.391. The SMILES string of the molecule is Cc1ccc(S(=O)(=O)N2CCCCC2)cc1C(=O)OCC(=O)N[C@H](C)c1ccccc1. The van der Waals surface area contributed by atoms with E-state index < -0.39 is 28.5 Å². The molecule has 0 unspecified atom stereocenters. The number of ether oxygens (including phenoxy) is 1. The van der Waals surface area contributed by atoms with Gasteiger partial charge in [0, 0.05) is 13.1 Å². The summed E-state index contributed by atoms with van der Waals surface area (Å²) in [5.74, 6) is -1.16. The molecule has 1 heterocycles. The van der Waals surface area contributed by atoms with Crippen LogP contribution in [0.3, 0.4) is 0 Å².